The summed E-state index contributed by atoms with van der Waals surface area (Å²) in [7, 11) is 0. The molecule has 1 aliphatic heterocycles. The molecule has 0 aliphatic carbocycles. The normalized spacial score (nSPS) is 22.1. The van der Waals surface area contributed by atoms with Crippen LogP contribution in [0.1, 0.15) is 33.1 Å². The van der Waals surface area contributed by atoms with Crippen molar-refractivity contribution in [2.75, 3.05) is 6.54 Å². The molecule has 16 heavy (non-hydrogen) atoms. The fraction of sp³-hybridized carbons (Fsp3) is 0.818. The standard InChI is InChI=1S/C11H20N2O3/c1-7(2)6-9(11(15)16)13-10(14)8-4-3-5-12-8/h7-9,12H,3-6H2,1-2H3,(H,13,14)(H,15,16)/t8-,9-/m1/s1. The Kier molecular flexibility index (Phi) is 4.73. The van der Waals surface area contributed by atoms with Crippen LogP contribution in [0.15, 0.2) is 0 Å². The van der Waals surface area contributed by atoms with E-state index in [9.17, 15) is 9.59 Å². The predicted molar refractivity (Wildman–Crippen MR) is 60.0 cm³/mol. The zero-order valence-electron chi connectivity index (χ0n) is 9.82. The maximum Gasteiger partial charge on any atom is 0.326 e. The molecule has 5 heteroatoms. The number of hydrogen-bond donors (Lipinski definition) is 3. The molecule has 1 rings (SSSR count). The van der Waals surface area contributed by atoms with Gasteiger partial charge in [-0.2, -0.15) is 0 Å². The fourth-order valence-electron chi connectivity index (χ4n) is 1.87. The average Bonchev–Trinajstić information content (AvgIpc) is 2.68. The molecule has 2 atom stereocenters. The van der Waals surface area contributed by atoms with Gasteiger partial charge in [0.25, 0.3) is 0 Å². The molecule has 1 fully saturated rings. The summed E-state index contributed by atoms with van der Waals surface area (Å²) in [4.78, 5) is 22.7. The molecule has 0 radical (unpaired) electrons. The summed E-state index contributed by atoms with van der Waals surface area (Å²) in [5, 5.41) is 14.6. The van der Waals surface area contributed by atoms with Gasteiger partial charge in [-0.05, 0) is 31.7 Å². The van der Waals surface area contributed by atoms with E-state index in [1.54, 1.807) is 0 Å². The van der Waals surface area contributed by atoms with Crippen LogP contribution in [0.5, 0.6) is 0 Å². The number of carbonyl (C=O) groups is 2. The molecule has 0 aromatic rings. The van der Waals surface area contributed by atoms with Gasteiger partial charge < -0.3 is 15.7 Å². The molecular weight excluding hydrogens is 208 g/mol. The number of aliphatic carboxylic acids is 1. The molecule has 1 heterocycles. The van der Waals surface area contributed by atoms with Gasteiger partial charge in [0.05, 0.1) is 6.04 Å². The van der Waals surface area contributed by atoms with Crippen molar-refractivity contribution in [3.8, 4) is 0 Å². The highest BCUT2D eigenvalue weighted by Crippen LogP contribution is 2.08. The van der Waals surface area contributed by atoms with Gasteiger partial charge in [0.1, 0.15) is 6.04 Å². The molecule has 1 aliphatic rings. The largest absolute Gasteiger partial charge is 0.480 e. The van der Waals surface area contributed by atoms with Gasteiger partial charge in [0, 0.05) is 0 Å². The second kappa shape index (κ2) is 5.84. The van der Waals surface area contributed by atoms with Crippen molar-refractivity contribution >= 4 is 11.9 Å². The van der Waals surface area contributed by atoms with E-state index < -0.39 is 12.0 Å². The van der Waals surface area contributed by atoms with E-state index in [-0.39, 0.29) is 17.9 Å². The first-order chi connectivity index (χ1) is 7.50. The minimum atomic E-state index is -0.958. The smallest absolute Gasteiger partial charge is 0.326 e. The van der Waals surface area contributed by atoms with E-state index in [0.717, 1.165) is 19.4 Å². The Labute approximate surface area is 95.6 Å². The summed E-state index contributed by atoms with van der Waals surface area (Å²) in [6, 6.07) is -0.982. The second-order valence-electron chi connectivity index (χ2n) is 4.68. The summed E-state index contributed by atoms with van der Waals surface area (Å²) in [6.07, 6.45) is 2.23. The number of nitrogens with one attached hydrogen (secondary N) is 2. The van der Waals surface area contributed by atoms with E-state index in [1.165, 1.54) is 0 Å². The van der Waals surface area contributed by atoms with Crippen LogP contribution in [-0.4, -0.2) is 35.6 Å². The Morgan fingerprint density at radius 3 is 2.62 bits per heavy atom. The van der Waals surface area contributed by atoms with Crippen molar-refractivity contribution in [1.82, 2.24) is 10.6 Å². The molecule has 1 amide bonds. The van der Waals surface area contributed by atoms with Gasteiger partial charge in [0.15, 0.2) is 0 Å². The molecule has 0 saturated carbocycles. The van der Waals surface area contributed by atoms with E-state index in [4.69, 9.17) is 5.11 Å². The van der Waals surface area contributed by atoms with Crippen LogP contribution in [0.2, 0.25) is 0 Å². The zero-order chi connectivity index (χ0) is 12.1. The maximum atomic E-state index is 11.7. The Morgan fingerprint density at radius 1 is 1.50 bits per heavy atom. The minimum absolute atomic E-state index is 0.189. The lowest BCUT2D eigenvalue weighted by Gasteiger charge is -2.18. The quantitative estimate of drug-likeness (QED) is 0.634. The van der Waals surface area contributed by atoms with Gasteiger partial charge in [0.2, 0.25) is 5.91 Å². The average molecular weight is 228 g/mol. The number of amides is 1. The highest BCUT2D eigenvalue weighted by atomic mass is 16.4. The maximum absolute atomic E-state index is 11.7. The summed E-state index contributed by atoms with van der Waals surface area (Å²) >= 11 is 0. The number of hydrogen-bond acceptors (Lipinski definition) is 3. The van der Waals surface area contributed by atoms with Crippen LogP contribution in [0.3, 0.4) is 0 Å². The molecule has 1 saturated heterocycles. The molecule has 3 N–H and O–H groups in total. The predicted octanol–water partition coefficient (Wildman–Crippen LogP) is 0.354. The van der Waals surface area contributed by atoms with Crippen molar-refractivity contribution in [1.29, 1.82) is 0 Å². The molecule has 0 aromatic heterocycles. The van der Waals surface area contributed by atoms with Crippen LogP contribution >= 0.6 is 0 Å². The van der Waals surface area contributed by atoms with Gasteiger partial charge >= 0.3 is 5.97 Å². The molecule has 0 bridgehead atoms. The Bertz CT molecular complexity index is 260. The van der Waals surface area contributed by atoms with E-state index >= 15 is 0 Å². The van der Waals surface area contributed by atoms with Gasteiger partial charge in [-0.3, -0.25) is 4.79 Å². The lowest BCUT2D eigenvalue weighted by molar-refractivity contribution is -0.142. The van der Waals surface area contributed by atoms with E-state index in [2.05, 4.69) is 10.6 Å². The third-order valence-corrected chi connectivity index (χ3v) is 2.70. The van der Waals surface area contributed by atoms with Crippen LogP contribution < -0.4 is 10.6 Å². The van der Waals surface area contributed by atoms with Crippen LogP contribution in [0.4, 0.5) is 0 Å². The fourth-order valence-corrected chi connectivity index (χ4v) is 1.87. The van der Waals surface area contributed by atoms with Gasteiger partial charge in [-0.15, -0.1) is 0 Å². The van der Waals surface area contributed by atoms with E-state index in [0.29, 0.717) is 6.42 Å². The molecular formula is C11H20N2O3. The summed E-state index contributed by atoms with van der Waals surface area (Å²) in [6.45, 7) is 4.71. The first-order valence-corrected chi connectivity index (χ1v) is 5.77. The zero-order valence-corrected chi connectivity index (χ0v) is 9.82. The number of carboxylic acid groups (broad SMARTS) is 1. The highest BCUT2D eigenvalue weighted by molar-refractivity contribution is 5.87. The topological polar surface area (TPSA) is 78.4 Å². The lowest BCUT2D eigenvalue weighted by Crippen LogP contribution is -2.48. The van der Waals surface area contributed by atoms with Gasteiger partial charge in [-0.25, -0.2) is 4.79 Å². The van der Waals surface area contributed by atoms with Crippen molar-refractivity contribution < 1.29 is 14.7 Å². The summed E-state index contributed by atoms with van der Waals surface area (Å²) in [5.41, 5.74) is 0. The lowest BCUT2D eigenvalue weighted by atomic mass is 10.0. The second-order valence-corrected chi connectivity index (χ2v) is 4.68. The first-order valence-electron chi connectivity index (χ1n) is 5.77. The summed E-state index contributed by atoms with van der Waals surface area (Å²) in [5.74, 6) is -0.900. The van der Waals surface area contributed by atoms with Crippen LogP contribution in [-0.2, 0) is 9.59 Å². The van der Waals surface area contributed by atoms with Crippen LogP contribution in [0.25, 0.3) is 0 Å². The summed E-state index contributed by atoms with van der Waals surface area (Å²) < 4.78 is 0. The first kappa shape index (κ1) is 13.0. The van der Waals surface area contributed by atoms with Crippen molar-refractivity contribution in [2.24, 2.45) is 5.92 Å². The SMILES string of the molecule is CC(C)C[C@@H](NC(=O)[C@H]1CCCN1)C(=O)O. The minimum Gasteiger partial charge on any atom is -0.480 e. The third kappa shape index (κ3) is 3.81. The molecule has 0 unspecified atom stereocenters. The van der Waals surface area contributed by atoms with Crippen LogP contribution in [0, 0.1) is 5.92 Å². The van der Waals surface area contributed by atoms with Gasteiger partial charge in [-0.1, -0.05) is 13.8 Å². The molecule has 0 aromatic carbocycles. The Balaban J connectivity index is 2.47. The molecule has 92 valence electrons. The van der Waals surface area contributed by atoms with Crippen molar-refractivity contribution in [2.45, 2.75) is 45.2 Å². The number of rotatable bonds is 5. The molecule has 0 spiro atoms. The van der Waals surface area contributed by atoms with Crippen molar-refractivity contribution in [3.63, 3.8) is 0 Å². The van der Waals surface area contributed by atoms with E-state index in [1.807, 2.05) is 13.8 Å². The number of carbonyl (C=O) groups excluding carboxylic acids is 1. The Morgan fingerprint density at radius 2 is 2.19 bits per heavy atom. The van der Waals surface area contributed by atoms with Crippen molar-refractivity contribution in [3.05, 3.63) is 0 Å². The monoisotopic (exact) mass is 228 g/mol. The highest BCUT2D eigenvalue weighted by Gasteiger charge is 2.27. The third-order valence-electron chi connectivity index (χ3n) is 2.70. The Hall–Kier alpha value is -1.10. The number of carboxylic acids is 1. The molecule has 5 nitrogen and oxygen atoms in total.